The van der Waals surface area contributed by atoms with E-state index in [2.05, 4.69) is 20.0 Å². The van der Waals surface area contributed by atoms with Crippen molar-refractivity contribution in [2.75, 3.05) is 31.5 Å². The van der Waals surface area contributed by atoms with Crippen LogP contribution in [-0.4, -0.2) is 74.8 Å². The summed E-state index contributed by atoms with van der Waals surface area (Å²) in [4.78, 5) is 38.6. The van der Waals surface area contributed by atoms with Gasteiger partial charge in [0, 0.05) is 67.3 Å². The number of ether oxygens (including phenoxy) is 1. The number of fused-ring (bicyclic) bond motifs is 1. The van der Waals surface area contributed by atoms with Crippen LogP contribution < -0.4 is 15.8 Å². The number of carbonyl (C=O) groups is 2. The normalized spacial score (nSPS) is 18.7. The molecule has 2 aromatic heterocycles. The molecule has 2 amide bonds. The summed E-state index contributed by atoms with van der Waals surface area (Å²) in [5, 5.41) is 3.30. The molecule has 1 aliphatic carbocycles. The Morgan fingerprint density at radius 2 is 1.74 bits per heavy atom. The van der Waals surface area contributed by atoms with Crippen molar-refractivity contribution in [2.45, 2.75) is 32.4 Å². The maximum atomic E-state index is 13.3. The van der Waals surface area contributed by atoms with Crippen LogP contribution in [0.4, 0.5) is 20.3 Å². The second-order valence-corrected chi connectivity index (χ2v) is 10.7. The summed E-state index contributed by atoms with van der Waals surface area (Å²) in [7, 11) is 0. The number of carbonyl (C=O) groups excluding carboxylic acids is 2. The van der Waals surface area contributed by atoms with E-state index in [4.69, 9.17) is 5.73 Å². The Labute approximate surface area is 241 Å². The van der Waals surface area contributed by atoms with E-state index in [-0.39, 0.29) is 29.5 Å². The van der Waals surface area contributed by atoms with Crippen LogP contribution in [0.15, 0.2) is 61.1 Å². The number of halogens is 2. The van der Waals surface area contributed by atoms with Gasteiger partial charge < -0.3 is 25.6 Å². The highest BCUT2D eigenvalue weighted by Gasteiger charge is 2.36. The first-order chi connectivity index (χ1) is 20.3. The highest BCUT2D eigenvalue weighted by Crippen LogP contribution is 2.29. The summed E-state index contributed by atoms with van der Waals surface area (Å²) in [6.07, 6.45) is 6.60. The van der Waals surface area contributed by atoms with E-state index < -0.39 is 6.61 Å². The zero-order valence-electron chi connectivity index (χ0n) is 23.0. The van der Waals surface area contributed by atoms with Crippen LogP contribution in [0.25, 0.3) is 16.9 Å². The average Bonchev–Trinajstić information content (AvgIpc) is 3.40. The number of alkyl halides is 2. The van der Waals surface area contributed by atoms with Crippen LogP contribution in [0.3, 0.4) is 0 Å². The Hall–Kier alpha value is -4.58. The highest BCUT2D eigenvalue weighted by atomic mass is 19.3. The van der Waals surface area contributed by atoms with Gasteiger partial charge in [0.05, 0.1) is 11.9 Å². The number of imidazole rings is 1. The third-order valence-electron chi connectivity index (χ3n) is 7.93. The van der Waals surface area contributed by atoms with Gasteiger partial charge in [-0.2, -0.15) is 8.78 Å². The van der Waals surface area contributed by atoms with Gasteiger partial charge in [0.2, 0.25) is 5.91 Å². The standard InChI is InChI=1S/C30H31F2N7O3/c1-18-14-22(4-7-24(18)29(41)38-12-10-37(11-13-38)28(40)20-15-21(33)16-20)36-26-27-35-17-25(39(27)9-8-34-26)19-2-5-23(6-3-19)42-30(31)32/h2-9,14,17,20-21,30H,10-13,15-16,33H2,1H3,(H,34,36). The quantitative estimate of drug-likeness (QED) is 0.341. The number of rotatable bonds is 7. The zero-order valence-corrected chi connectivity index (χ0v) is 23.0. The van der Waals surface area contributed by atoms with Gasteiger partial charge in [-0.15, -0.1) is 0 Å². The molecule has 1 aliphatic heterocycles. The molecule has 2 fully saturated rings. The molecule has 42 heavy (non-hydrogen) atoms. The second-order valence-electron chi connectivity index (χ2n) is 10.7. The number of aryl methyl sites for hydroxylation is 1. The number of hydrogen-bond donors (Lipinski definition) is 2. The van der Waals surface area contributed by atoms with Crippen LogP contribution in [0, 0.1) is 12.8 Å². The van der Waals surface area contributed by atoms with E-state index in [0.717, 1.165) is 35.3 Å². The number of amides is 2. The first-order valence-electron chi connectivity index (χ1n) is 13.9. The summed E-state index contributed by atoms with van der Waals surface area (Å²) in [6, 6.07) is 12.0. The fourth-order valence-corrected chi connectivity index (χ4v) is 5.57. The molecule has 1 saturated heterocycles. The zero-order chi connectivity index (χ0) is 29.4. The predicted octanol–water partition coefficient (Wildman–Crippen LogP) is 4.07. The van der Waals surface area contributed by atoms with E-state index in [1.165, 1.54) is 12.1 Å². The molecular weight excluding hydrogens is 544 g/mol. The molecule has 12 heteroatoms. The molecule has 0 atom stereocenters. The summed E-state index contributed by atoms with van der Waals surface area (Å²) >= 11 is 0. The van der Waals surface area contributed by atoms with E-state index in [1.807, 2.05) is 28.4 Å². The SMILES string of the molecule is Cc1cc(Nc2nccn3c(-c4ccc(OC(F)F)cc4)cnc23)ccc1C(=O)N1CCN(C(=O)C2CC(N)C2)CC1. The lowest BCUT2D eigenvalue weighted by Crippen LogP contribution is -2.54. The smallest absolute Gasteiger partial charge is 0.387 e. The van der Waals surface area contributed by atoms with Crippen molar-refractivity contribution in [3.05, 3.63) is 72.2 Å². The topological polar surface area (TPSA) is 118 Å². The number of nitrogens with two attached hydrogens (primary N) is 1. The molecule has 6 rings (SSSR count). The molecule has 1 saturated carbocycles. The third-order valence-corrected chi connectivity index (χ3v) is 7.93. The molecule has 0 bridgehead atoms. The Bertz CT molecular complexity index is 1610. The Kier molecular flexibility index (Phi) is 7.46. The van der Waals surface area contributed by atoms with E-state index >= 15 is 0 Å². The van der Waals surface area contributed by atoms with Crippen LogP contribution >= 0.6 is 0 Å². The van der Waals surface area contributed by atoms with Gasteiger partial charge in [-0.05, 0) is 67.8 Å². The van der Waals surface area contributed by atoms with Crippen molar-refractivity contribution >= 4 is 29.0 Å². The summed E-state index contributed by atoms with van der Waals surface area (Å²) in [6.45, 7) is 1.07. The number of benzene rings is 2. The first kappa shape index (κ1) is 27.6. The molecule has 0 spiro atoms. The minimum atomic E-state index is -2.88. The largest absolute Gasteiger partial charge is 0.435 e. The molecule has 218 valence electrons. The number of aromatic nitrogens is 3. The van der Waals surface area contributed by atoms with Crippen molar-refractivity contribution in [2.24, 2.45) is 11.7 Å². The Morgan fingerprint density at radius 3 is 2.40 bits per heavy atom. The van der Waals surface area contributed by atoms with E-state index in [9.17, 15) is 18.4 Å². The third kappa shape index (κ3) is 5.49. The highest BCUT2D eigenvalue weighted by molar-refractivity contribution is 5.96. The number of piperazine rings is 1. The van der Waals surface area contributed by atoms with Gasteiger partial charge in [0.25, 0.3) is 5.91 Å². The lowest BCUT2D eigenvalue weighted by Gasteiger charge is -2.40. The van der Waals surface area contributed by atoms with Crippen molar-refractivity contribution < 1.29 is 23.1 Å². The Balaban J connectivity index is 1.13. The lowest BCUT2D eigenvalue weighted by atomic mass is 9.80. The van der Waals surface area contributed by atoms with Crippen LogP contribution in [0.1, 0.15) is 28.8 Å². The van der Waals surface area contributed by atoms with Gasteiger partial charge in [-0.1, -0.05) is 0 Å². The lowest BCUT2D eigenvalue weighted by molar-refractivity contribution is -0.140. The van der Waals surface area contributed by atoms with Gasteiger partial charge in [-0.3, -0.25) is 14.0 Å². The predicted molar refractivity (Wildman–Crippen MR) is 153 cm³/mol. The molecule has 0 unspecified atom stereocenters. The molecular formula is C30H31F2N7O3. The number of nitrogens with one attached hydrogen (secondary N) is 1. The van der Waals surface area contributed by atoms with Gasteiger partial charge in [-0.25, -0.2) is 9.97 Å². The molecule has 3 N–H and O–H groups in total. The van der Waals surface area contributed by atoms with Crippen LogP contribution in [0.2, 0.25) is 0 Å². The molecule has 2 aromatic carbocycles. The minimum absolute atomic E-state index is 0.0279. The second kappa shape index (κ2) is 11.4. The first-order valence-corrected chi connectivity index (χ1v) is 13.9. The van der Waals surface area contributed by atoms with Crippen LogP contribution in [0.5, 0.6) is 5.75 Å². The Morgan fingerprint density at radius 1 is 1.02 bits per heavy atom. The van der Waals surface area contributed by atoms with Crippen molar-refractivity contribution in [1.82, 2.24) is 24.2 Å². The molecule has 2 aliphatic rings. The van der Waals surface area contributed by atoms with Gasteiger partial charge in [0.1, 0.15) is 5.75 Å². The average molecular weight is 576 g/mol. The molecule has 0 radical (unpaired) electrons. The van der Waals surface area contributed by atoms with E-state index in [0.29, 0.717) is 43.2 Å². The van der Waals surface area contributed by atoms with Crippen molar-refractivity contribution in [1.29, 1.82) is 0 Å². The van der Waals surface area contributed by atoms with Crippen molar-refractivity contribution in [3.8, 4) is 17.0 Å². The number of anilines is 2. The fourth-order valence-electron chi connectivity index (χ4n) is 5.57. The molecule has 10 nitrogen and oxygen atoms in total. The summed E-state index contributed by atoms with van der Waals surface area (Å²) in [5.41, 5.74) is 10.1. The monoisotopic (exact) mass is 575 g/mol. The number of hydrogen-bond acceptors (Lipinski definition) is 7. The maximum absolute atomic E-state index is 13.3. The van der Waals surface area contributed by atoms with Gasteiger partial charge >= 0.3 is 6.61 Å². The molecule has 3 heterocycles. The summed E-state index contributed by atoms with van der Waals surface area (Å²) in [5.74, 6) is 0.727. The minimum Gasteiger partial charge on any atom is -0.435 e. The van der Waals surface area contributed by atoms with E-state index in [1.54, 1.807) is 41.7 Å². The maximum Gasteiger partial charge on any atom is 0.387 e. The fraction of sp³-hybridized carbons (Fsp3) is 0.333. The van der Waals surface area contributed by atoms with Crippen molar-refractivity contribution in [3.63, 3.8) is 0 Å². The van der Waals surface area contributed by atoms with Crippen LogP contribution in [-0.2, 0) is 4.79 Å². The number of nitrogens with zero attached hydrogens (tertiary/aromatic N) is 5. The molecule has 4 aromatic rings. The van der Waals surface area contributed by atoms with Gasteiger partial charge in [0.15, 0.2) is 11.5 Å². The summed E-state index contributed by atoms with van der Waals surface area (Å²) < 4.78 is 31.3.